The van der Waals surface area contributed by atoms with Crippen molar-refractivity contribution in [2.45, 2.75) is 44.3 Å². The molecule has 4 nitrogen and oxygen atoms in total. The van der Waals surface area contributed by atoms with E-state index in [9.17, 15) is 9.90 Å². The van der Waals surface area contributed by atoms with Crippen molar-refractivity contribution in [2.75, 3.05) is 12.9 Å². The SMILES string of the molecule is COc1cccc(SCC(=O)OC(C)(C)C)c1C(C)O. The van der Waals surface area contributed by atoms with Gasteiger partial charge in [-0.1, -0.05) is 6.07 Å². The predicted molar refractivity (Wildman–Crippen MR) is 80.2 cm³/mol. The molecule has 5 heteroatoms. The van der Waals surface area contributed by atoms with E-state index in [0.717, 1.165) is 4.90 Å². The number of carbonyl (C=O) groups is 1. The zero-order valence-electron chi connectivity index (χ0n) is 12.6. The average molecular weight is 298 g/mol. The monoisotopic (exact) mass is 298 g/mol. The van der Waals surface area contributed by atoms with Crippen LogP contribution in [-0.2, 0) is 9.53 Å². The molecule has 0 aliphatic heterocycles. The molecule has 20 heavy (non-hydrogen) atoms. The molecule has 1 aromatic rings. The topological polar surface area (TPSA) is 55.8 Å². The molecule has 0 spiro atoms. The highest BCUT2D eigenvalue weighted by Crippen LogP contribution is 2.34. The molecule has 1 N–H and O–H groups in total. The summed E-state index contributed by atoms with van der Waals surface area (Å²) in [5.41, 5.74) is 0.211. The van der Waals surface area contributed by atoms with E-state index < -0.39 is 11.7 Å². The van der Waals surface area contributed by atoms with E-state index in [0.29, 0.717) is 11.3 Å². The highest BCUT2D eigenvalue weighted by molar-refractivity contribution is 8.00. The third-order valence-corrected chi connectivity index (χ3v) is 3.48. The number of rotatable bonds is 5. The number of aliphatic hydroxyl groups is 1. The quantitative estimate of drug-likeness (QED) is 0.668. The zero-order valence-corrected chi connectivity index (χ0v) is 13.4. The van der Waals surface area contributed by atoms with Gasteiger partial charge in [0.15, 0.2) is 0 Å². The van der Waals surface area contributed by atoms with E-state index in [-0.39, 0.29) is 11.7 Å². The summed E-state index contributed by atoms with van der Waals surface area (Å²) in [4.78, 5) is 12.6. The van der Waals surface area contributed by atoms with Gasteiger partial charge in [0.05, 0.1) is 19.0 Å². The fraction of sp³-hybridized carbons (Fsp3) is 0.533. The summed E-state index contributed by atoms with van der Waals surface area (Å²) < 4.78 is 10.5. The molecule has 0 aliphatic rings. The first-order valence-electron chi connectivity index (χ1n) is 6.44. The van der Waals surface area contributed by atoms with Crippen molar-refractivity contribution in [1.82, 2.24) is 0 Å². The van der Waals surface area contributed by atoms with Gasteiger partial charge in [0.25, 0.3) is 0 Å². The van der Waals surface area contributed by atoms with E-state index >= 15 is 0 Å². The van der Waals surface area contributed by atoms with E-state index in [1.54, 1.807) is 20.1 Å². The molecule has 1 atom stereocenters. The molecule has 0 bridgehead atoms. The van der Waals surface area contributed by atoms with Gasteiger partial charge in [0, 0.05) is 10.5 Å². The van der Waals surface area contributed by atoms with E-state index in [4.69, 9.17) is 9.47 Å². The molecule has 1 unspecified atom stereocenters. The summed E-state index contributed by atoms with van der Waals surface area (Å²) in [6.07, 6.45) is -0.660. The van der Waals surface area contributed by atoms with Crippen LogP contribution in [0, 0.1) is 0 Å². The molecule has 0 saturated carbocycles. The van der Waals surface area contributed by atoms with Crippen molar-refractivity contribution < 1.29 is 19.4 Å². The molecule has 0 saturated heterocycles. The number of benzene rings is 1. The first-order chi connectivity index (χ1) is 9.24. The summed E-state index contributed by atoms with van der Waals surface area (Å²) in [5.74, 6) is 0.542. The Bertz CT molecular complexity index is 463. The molecule has 0 amide bonds. The second-order valence-corrected chi connectivity index (χ2v) is 6.44. The summed E-state index contributed by atoms with van der Waals surface area (Å²) in [6.45, 7) is 7.18. The molecule has 1 rings (SSSR count). The fourth-order valence-corrected chi connectivity index (χ4v) is 2.68. The van der Waals surface area contributed by atoms with Gasteiger partial charge in [-0.3, -0.25) is 4.79 Å². The minimum absolute atomic E-state index is 0.199. The van der Waals surface area contributed by atoms with Crippen molar-refractivity contribution in [3.63, 3.8) is 0 Å². The average Bonchev–Trinajstić information content (AvgIpc) is 2.33. The molecule has 1 aromatic carbocycles. The Balaban J connectivity index is 2.80. The van der Waals surface area contributed by atoms with Gasteiger partial charge >= 0.3 is 5.97 Å². The van der Waals surface area contributed by atoms with E-state index in [2.05, 4.69) is 0 Å². The Hall–Kier alpha value is -1.20. The zero-order chi connectivity index (χ0) is 15.3. The molecule has 0 aromatic heterocycles. The van der Waals surface area contributed by atoms with Crippen LogP contribution in [0.4, 0.5) is 0 Å². The van der Waals surface area contributed by atoms with Crippen LogP contribution >= 0.6 is 11.8 Å². The van der Waals surface area contributed by atoms with Crippen LogP contribution in [-0.4, -0.2) is 29.5 Å². The minimum Gasteiger partial charge on any atom is -0.496 e. The highest BCUT2D eigenvalue weighted by atomic mass is 32.2. The first-order valence-corrected chi connectivity index (χ1v) is 7.42. The Morgan fingerprint density at radius 2 is 2.05 bits per heavy atom. The number of hydrogen-bond donors (Lipinski definition) is 1. The van der Waals surface area contributed by atoms with E-state index in [1.165, 1.54) is 11.8 Å². The summed E-state index contributed by atoms with van der Waals surface area (Å²) in [7, 11) is 1.56. The smallest absolute Gasteiger partial charge is 0.316 e. The number of carbonyl (C=O) groups excluding carboxylic acids is 1. The van der Waals surface area contributed by atoms with Crippen LogP contribution in [0.2, 0.25) is 0 Å². The standard InChI is InChI=1S/C15H22O4S/c1-10(16)14-11(18-5)7-6-8-12(14)20-9-13(17)19-15(2,3)4/h6-8,10,16H,9H2,1-5H3. The summed E-state index contributed by atoms with van der Waals surface area (Å²) in [5, 5.41) is 9.86. The molecular weight excluding hydrogens is 276 g/mol. The molecular formula is C15H22O4S. The molecule has 0 heterocycles. The lowest BCUT2D eigenvalue weighted by atomic mass is 10.1. The van der Waals surface area contributed by atoms with Crippen molar-refractivity contribution in [2.24, 2.45) is 0 Å². The second-order valence-electron chi connectivity index (χ2n) is 5.42. The molecule has 0 fully saturated rings. The van der Waals surface area contributed by atoms with Gasteiger partial charge in [-0.25, -0.2) is 0 Å². The van der Waals surface area contributed by atoms with Gasteiger partial charge in [-0.05, 0) is 39.8 Å². The highest BCUT2D eigenvalue weighted by Gasteiger charge is 2.19. The van der Waals surface area contributed by atoms with Gasteiger partial charge in [-0.15, -0.1) is 11.8 Å². The van der Waals surface area contributed by atoms with Gasteiger partial charge in [-0.2, -0.15) is 0 Å². The van der Waals surface area contributed by atoms with E-state index in [1.807, 2.05) is 32.9 Å². The maximum absolute atomic E-state index is 11.7. The van der Waals surface area contributed by atoms with Gasteiger partial charge in [0.2, 0.25) is 0 Å². The van der Waals surface area contributed by atoms with Crippen LogP contribution in [0.3, 0.4) is 0 Å². The number of hydrogen-bond acceptors (Lipinski definition) is 5. The van der Waals surface area contributed by atoms with Gasteiger partial charge in [0.1, 0.15) is 11.4 Å². The third-order valence-electron chi connectivity index (χ3n) is 2.43. The molecule has 0 aliphatic carbocycles. The fourth-order valence-electron chi connectivity index (χ4n) is 1.75. The van der Waals surface area contributed by atoms with Crippen molar-refractivity contribution in [3.05, 3.63) is 23.8 Å². The number of ether oxygens (including phenoxy) is 2. The van der Waals surface area contributed by atoms with Gasteiger partial charge < -0.3 is 14.6 Å². The Kier molecular flexibility index (Phi) is 5.89. The first kappa shape index (κ1) is 16.9. The predicted octanol–water partition coefficient (Wildman–Crippen LogP) is 3.18. The maximum Gasteiger partial charge on any atom is 0.316 e. The lowest BCUT2D eigenvalue weighted by Crippen LogP contribution is -2.24. The van der Waals surface area contributed by atoms with Crippen molar-refractivity contribution in [3.8, 4) is 5.75 Å². The van der Waals surface area contributed by atoms with Crippen LogP contribution in [0.1, 0.15) is 39.4 Å². The molecule has 112 valence electrons. The number of esters is 1. The third kappa shape index (κ3) is 5.06. The van der Waals surface area contributed by atoms with Crippen LogP contribution in [0.25, 0.3) is 0 Å². The Morgan fingerprint density at radius 1 is 1.40 bits per heavy atom. The normalized spacial score (nSPS) is 12.9. The van der Waals surface area contributed by atoms with Crippen molar-refractivity contribution >= 4 is 17.7 Å². The van der Waals surface area contributed by atoms with Crippen LogP contribution < -0.4 is 4.74 Å². The number of methoxy groups -OCH3 is 1. The Labute approximate surface area is 124 Å². The number of thioether (sulfide) groups is 1. The lowest BCUT2D eigenvalue weighted by molar-refractivity contribution is -0.151. The lowest BCUT2D eigenvalue weighted by Gasteiger charge is -2.20. The summed E-state index contributed by atoms with van der Waals surface area (Å²) in [6, 6.07) is 5.49. The minimum atomic E-state index is -0.660. The molecule has 0 radical (unpaired) electrons. The second kappa shape index (κ2) is 6.99. The largest absolute Gasteiger partial charge is 0.496 e. The van der Waals surface area contributed by atoms with Crippen molar-refractivity contribution in [1.29, 1.82) is 0 Å². The Morgan fingerprint density at radius 3 is 2.55 bits per heavy atom. The maximum atomic E-state index is 11.7. The summed E-state index contributed by atoms with van der Waals surface area (Å²) >= 11 is 1.34. The van der Waals surface area contributed by atoms with Crippen LogP contribution in [0.15, 0.2) is 23.1 Å². The number of aliphatic hydroxyl groups excluding tert-OH is 1. The van der Waals surface area contributed by atoms with Crippen LogP contribution in [0.5, 0.6) is 5.75 Å².